The van der Waals surface area contributed by atoms with Crippen molar-refractivity contribution in [2.75, 3.05) is 0 Å². The van der Waals surface area contributed by atoms with Crippen LogP contribution < -0.4 is 0 Å². The van der Waals surface area contributed by atoms with Crippen molar-refractivity contribution in [3.05, 3.63) is 215 Å². The minimum atomic E-state index is -0.630. The SMILES string of the molecule is Cc1ccc(-c2ccc(C3(C)C(=O)c4cccc5cccc3c45)cc2)cc1.O=C1C(=O)c2cccc3cccc1c23.c1ccc(-c2ccccc2)cc1. The summed E-state index contributed by atoms with van der Waals surface area (Å²) in [6.07, 6.45) is 0. The predicted molar refractivity (Wildman–Crippen MR) is 216 cm³/mol. The van der Waals surface area contributed by atoms with E-state index in [2.05, 4.69) is 135 Å². The second kappa shape index (κ2) is 13.8. The van der Waals surface area contributed by atoms with Crippen LogP contribution in [0.25, 0.3) is 43.8 Å². The van der Waals surface area contributed by atoms with Crippen molar-refractivity contribution in [3.8, 4) is 22.3 Å². The topological polar surface area (TPSA) is 51.2 Å². The third-order valence-electron chi connectivity index (χ3n) is 10.5. The van der Waals surface area contributed by atoms with Crippen molar-refractivity contribution in [1.82, 2.24) is 0 Å². The number of Topliss-reactive ketones (excluding diaryl/α,β-unsaturated/α-hetero) is 3. The Labute approximate surface area is 309 Å². The second-order valence-electron chi connectivity index (χ2n) is 13.7. The van der Waals surface area contributed by atoms with Gasteiger partial charge in [0.05, 0.1) is 5.41 Å². The number of benzene rings is 8. The zero-order valence-corrected chi connectivity index (χ0v) is 29.5. The van der Waals surface area contributed by atoms with Gasteiger partial charge in [-0.2, -0.15) is 0 Å². The van der Waals surface area contributed by atoms with E-state index in [1.54, 1.807) is 24.3 Å². The molecule has 2 aliphatic carbocycles. The summed E-state index contributed by atoms with van der Waals surface area (Å²) in [6, 6.07) is 60.9. The van der Waals surface area contributed by atoms with Crippen LogP contribution in [0.3, 0.4) is 0 Å². The number of aryl methyl sites for hydroxylation is 1. The Balaban J connectivity index is 0.000000128. The number of carbonyl (C=O) groups excluding carboxylic acids is 3. The van der Waals surface area contributed by atoms with Gasteiger partial charge in [-0.1, -0.05) is 188 Å². The molecule has 0 amide bonds. The van der Waals surface area contributed by atoms with E-state index in [-0.39, 0.29) is 17.3 Å². The molecule has 0 bridgehead atoms. The van der Waals surface area contributed by atoms with Crippen molar-refractivity contribution in [1.29, 1.82) is 0 Å². The monoisotopic (exact) mass is 684 g/mol. The van der Waals surface area contributed by atoms with Gasteiger partial charge in [-0.25, -0.2) is 0 Å². The molecule has 2 aliphatic rings. The molecule has 0 fully saturated rings. The first-order valence-corrected chi connectivity index (χ1v) is 17.8. The van der Waals surface area contributed by atoms with Gasteiger partial charge in [-0.15, -0.1) is 0 Å². The molecule has 254 valence electrons. The van der Waals surface area contributed by atoms with Gasteiger partial charge in [0.15, 0.2) is 5.78 Å². The zero-order valence-electron chi connectivity index (χ0n) is 29.5. The lowest BCUT2D eigenvalue weighted by molar-refractivity contribution is 0.0825. The Morgan fingerprint density at radius 2 is 0.792 bits per heavy atom. The second-order valence-corrected chi connectivity index (χ2v) is 13.7. The summed E-state index contributed by atoms with van der Waals surface area (Å²) >= 11 is 0. The van der Waals surface area contributed by atoms with E-state index >= 15 is 0 Å². The molecule has 0 saturated carbocycles. The van der Waals surface area contributed by atoms with E-state index in [0.29, 0.717) is 11.1 Å². The van der Waals surface area contributed by atoms with Gasteiger partial charge in [-0.3, -0.25) is 14.4 Å². The van der Waals surface area contributed by atoms with Crippen molar-refractivity contribution in [2.24, 2.45) is 0 Å². The molecule has 0 aromatic heterocycles. The molecular weight excluding hydrogens is 649 g/mol. The average molecular weight is 685 g/mol. The minimum Gasteiger partial charge on any atom is -0.293 e. The van der Waals surface area contributed by atoms with Crippen LogP contribution in [0.4, 0.5) is 0 Å². The summed E-state index contributed by atoms with van der Waals surface area (Å²) in [5.41, 5.74) is 9.63. The fraction of sp³-hybridized carbons (Fsp3) is 0.0600. The van der Waals surface area contributed by atoms with E-state index in [1.807, 2.05) is 36.4 Å². The summed E-state index contributed by atoms with van der Waals surface area (Å²) in [7, 11) is 0. The molecule has 0 aliphatic heterocycles. The summed E-state index contributed by atoms with van der Waals surface area (Å²) in [5.74, 6) is -0.564. The Morgan fingerprint density at radius 3 is 1.30 bits per heavy atom. The molecule has 10 rings (SSSR count). The predicted octanol–water partition coefficient (Wildman–Crippen LogP) is 11.9. The number of hydrogen-bond donors (Lipinski definition) is 0. The van der Waals surface area contributed by atoms with Crippen LogP contribution in [-0.4, -0.2) is 17.3 Å². The van der Waals surface area contributed by atoms with Gasteiger partial charge in [0.25, 0.3) is 0 Å². The molecule has 1 unspecified atom stereocenters. The number of rotatable bonds is 3. The van der Waals surface area contributed by atoms with Gasteiger partial charge in [0, 0.05) is 22.1 Å². The van der Waals surface area contributed by atoms with Gasteiger partial charge in [0.2, 0.25) is 11.6 Å². The Kier molecular flexibility index (Phi) is 8.69. The van der Waals surface area contributed by atoms with E-state index in [1.165, 1.54) is 27.8 Å². The fourth-order valence-electron chi connectivity index (χ4n) is 7.59. The minimum absolute atomic E-state index is 0.192. The fourth-order valence-corrected chi connectivity index (χ4v) is 7.59. The van der Waals surface area contributed by atoms with Crippen molar-refractivity contribution >= 4 is 38.9 Å². The lowest BCUT2D eigenvalue weighted by Gasteiger charge is -2.25. The number of hydrogen-bond acceptors (Lipinski definition) is 3. The average Bonchev–Trinajstić information content (AvgIpc) is 3.60. The third-order valence-corrected chi connectivity index (χ3v) is 10.5. The van der Waals surface area contributed by atoms with Crippen LogP contribution in [0, 0.1) is 6.92 Å². The van der Waals surface area contributed by atoms with Crippen LogP contribution >= 0.6 is 0 Å². The Bertz CT molecular complexity index is 2570. The highest BCUT2D eigenvalue weighted by Crippen LogP contribution is 2.46. The molecule has 3 heteroatoms. The Morgan fingerprint density at radius 1 is 0.377 bits per heavy atom. The van der Waals surface area contributed by atoms with Crippen molar-refractivity contribution in [2.45, 2.75) is 19.3 Å². The normalized spacial score (nSPS) is 15.2. The highest BCUT2D eigenvalue weighted by atomic mass is 16.2. The molecule has 3 nitrogen and oxygen atoms in total. The maximum absolute atomic E-state index is 13.4. The molecule has 8 aromatic carbocycles. The first-order chi connectivity index (χ1) is 25.8. The summed E-state index contributed by atoms with van der Waals surface area (Å²) in [4.78, 5) is 36.4. The lowest BCUT2D eigenvalue weighted by atomic mass is 9.75. The van der Waals surface area contributed by atoms with E-state index < -0.39 is 5.41 Å². The third kappa shape index (κ3) is 5.96. The molecule has 0 spiro atoms. The van der Waals surface area contributed by atoms with Gasteiger partial charge in [0.1, 0.15) is 0 Å². The summed E-state index contributed by atoms with van der Waals surface area (Å²) < 4.78 is 0. The van der Waals surface area contributed by atoms with E-state index in [9.17, 15) is 14.4 Å². The van der Waals surface area contributed by atoms with Crippen molar-refractivity contribution < 1.29 is 14.4 Å². The highest BCUT2D eigenvalue weighted by Gasteiger charge is 2.44. The van der Waals surface area contributed by atoms with E-state index in [4.69, 9.17) is 0 Å². The van der Waals surface area contributed by atoms with Crippen LogP contribution in [0.1, 0.15) is 54.7 Å². The summed E-state index contributed by atoms with van der Waals surface area (Å²) in [6.45, 7) is 4.16. The number of carbonyl (C=O) groups is 3. The highest BCUT2D eigenvalue weighted by molar-refractivity contribution is 6.57. The smallest absolute Gasteiger partial charge is 0.234 e. The van der Waals surface area contributed by atoms with Crippen molar-refractivity contribution in [3.63, 3.8) is 0 Å². The molecule has 0 N–H and O–H groups in total. The first kappa shape index (κ1) is 33.4. The van der Waals surface area contributed by atoms with Gasteiger partial charge in [-0.05, 0) is 63.4 Å². The van der Waals surface area contributed by atoms with Gasteiger partial charge < -0.3 is 0 Å². The van der Waals surface area contributed by atoms with Crippen LogP contribution in [0.2, 0.25) is 0 Å². The zero-order chi connectivity index (χ0) is 36.5. The van der Waals surface area contributed by atoms with Crippen LogP contribution in [0.5, 0.6) is 0 Å². The molecule has 0 heterocycles. The first-order valence-electron chi connectivity index (χ1n) is 17.8. The largest absolute Gasteiger partial charge is 0.293 e. The molecule has 0 radical (unpaired) electrons. The molecule has 1 atom stereocenters. The summed E-state index contributed by atoms with van der Waals surface area (Å²) in [5, 5.41) is 4.01. The molecular formula is C50H36O3. The number of ketones is 3. The standard InChI is InChI=1S/C26H20O.C12H6O2.C12H10/c1-17-9-11-18(12-10-17)19-13-15-21(16-14-19)26(2)23-8-4-6-20-5-3-7-22(24(20)23)25(26)27;13-11-8-5-1-3-7-4-2-6-9(10(7)8)12(11)14;1-3-7-11(8-4-1)12-9-5-2-6-10-12/h3-16H,1-2H3;1-6H;1-10H. The van der Waals surface area contributed by atoms with E-state index in [0.717, 1.165) is 38.2 Å². The maximum Gasteiger partial charge on any atom is 0.234 e. The van der Waals surface area contributed by atoms with Crippen LogP contribution in [0.15, 0.2) is 182 Å². The lowest BCUT2D eigenvalue weighted by Crippen LogP contribution is -2.29. The van der Waals surface area contributed by atoms with Gasteiger partial charge >= 0.3 is 0 Å². The molecule has 53 heavy (non-hydrogen) atoms. The Hall–Kier alpha value is -6.71. The maximum atomic E-state index is 13.4. The molecule has 8 aromatic rings. The quantitative estimate of drug-likeness (QED) is 0.174. The molecule has 0 saturated heterocycles. The van der Waals surface area contributed by atoms with Crippen LogP contribution in [-0.2, 0) is 5.41 Å².